The van der Waals surface area contributed by atoms with Crippen LogP contribution in [0.1, 0.15) is 104 Å². The Labute approximate surface area is 180 Å². The van der Waals surface area contributed by atoms with Gasteiger partial charge < -0.3 is 18.9 Å². The van der Waals surface area contributed by atoms with E-state index in [1.165, 1.54) is 51.4 Å². The van der Waals surface area contributed by atoms with Crippen LogP contribution in [-0.4, -0.2) is 51.7 Å². The second kappa shape index (κ2) is 23.6. The van der Waals surface area contributed by atoms with E-state index >= 15 is 0 Å². The van der Waals surface area contributed by atoms with Crippen molar-refractivity contribution >= 4 is 5.97 Å². The van der Waals surface area contributed by atoms with Gasteiger partial charge in [0.15, 0.2) is 0 Å². The predicted molar refractivity (Wildman–Crippen MR) is 119 cm³/mol. The summed E-state index contributed by atoms with van der Waals surface area (Å²) in [6.45, 7) is 10.2. The van der Waals surface area contributed by atoms with Crippen molar-refractivity contribution < 1.29 is 23.7 Å². The highest BCUT2D eigenvalue weighted by molar-refractivity contribution is 5.69. The maximum Gasteiger partial charge on any atom is 0.306 e. The van der Waals surface area contributed by atoms with Gasteiger partial charge in [-0.3, -0.25) is 4.79 Å². The molecular weight excluding hydrogens is 368 g/mol. The molecule has 1 unspecified atom stereocenters. The van der Waals surface area contributed by atoms with E-state index < -0.39 is 0 Å². The molecule has 0 fully saturated rings. The lowest BCUT2D eigenvalue weighted by Gasteiger charge is -2.13. The molecule has 0 aliphatic heterocycles. The molecule has 1 atom stereocenters. The van der Waals surface area contributed by atoms with Crippen LogP contribution in [0, 0.1) is 0 Å². The Morgan fingerprint density at radius 1 is 0.621 bits per heavy atom. The molecule has 0 aromatic carbocycles. The summed E-state index contributed by atoms with van der Waals surface area (Å²) in [5, 5.41) is 0. The second-order valence-corrected chi connectivity index (χ2v) is 7.86. The first kappa shape index (κ1) is 28.4. The fourth-order valence-electron chi connectivity index (χ4n) is 3.05. The van der Waals surface area contributed by atoms with Crippen molar-refractivity contribution in [3.8, 4) is 0 Å². The maximum atomic E-state index is 11.7. The monoisotopic (exact) mass is 416 g/mol. The van der Waals surface area contributed by atoms with E-state index in [1.807, 2.05) is 6.92 Å². The summed E-state index contributed by atoms with van der Waals surface area (Å²) in [6.07, 6.45) is 14.7. The third-order valence-corrected chi connectivity index (χ3v) is 4.85. The highest BCUT2D eigenvalue weighted by Gasteiger charge is 2.08. The van der Waals surface area contributed by atoms with E-state index in [-0.39, 0.29) is 12.1 Å². The summed E-state index contributed by atoms with van der Waals surface area (Å²) in [5.41, 5.74) is 0. The number of carbonyl (C=O) groups excluding carboxylic acids is 1. The quantitative estimate of drug-likeness (QED) is 0.149. The summed E-state index contributed by atoms with van der Waals surface area (Å²) in [5.74, 6) is -0.119. The Hall–Kier alpha value is -0.650. The van der Waals surface area contributed by atoms with Crippen LogP contribution in [-0.2, 0) is 23.7 Å². The minimum absolute atomic E-state index is 0.0244. The average molecular weight is 417 g/mol. The van der Waals surface area contributed by atoms with Crippen molar-refractivity contribution in [2.24, 2.45) is 0 Å². The normalized spacial score (nSPS) is 12.2. The lowest BCUT2D eigenvalue weighted by atomic mass is 10.1. The Bertz CT molecular complexity index is 335. The Morgan fingerprint density at radius 3 is 1.72 bits per heavy atom. The van der Waals surface area contributed by atoms with E-state index in [9.17, 15) is 4.79 Å². The van der Waals surface area contributed by atoms with Crippen molar-refractivity contribution in [1.82, 2.24) is 0 Å². The average Bonchev–Trinajstić information content (AvgIpc) is 2.70. The van der Waals surface area contributed by atoms with Crippen LogP contribution in [0.15, 0.2) is 0 Å². The van der Waals surface area contributed by atoms with Crippen LogP contribution < -0.4 is 0 Å². The van der Waals surface area contributed by atoms with Crippen LogP contribution in [0.2, 0.25) is 0 Å². The molecule has 0 rings (SSSR count). The summed E-state index contributed by atoms with van der Waals surface area (Å²) >= 11 is 0. The zero-order chi connectivity index (χ0) is 21.4. The lowest BCUT2D eigenvalue weighted by Crippen LogP contribution is -2.15. The smallest absolute Gasteiger partial charge is 0.306 e. The van der Waals surface area contributed by atoms with Gasteiger partial charge >= 0.3 is 5.97 Å². The van der Waals surface area contributed by atoms with Crippen LogP contribution >= 0.6 is 0 Å². The standard InChI is InChI=1S/C24H48O5/c1-4-6-8-9-10-11-13-17-26-19-21-28-22-20-27-18-14-16-24(25)29-23(3)15-12-7-5-2/h23H,4-22H2,1-3H3. The van der Waals surface area contributed by atoms with E-state index in [4.69, 9.17) is 18.9 Å². The zero-order valence-electron chi connectivity index (χ0n) is 19.6. The Kier molecular flexibility index (Phi) is 23.1. The number of hydrogen-bond donors (Lipinski definition) is 0. The number of rotatable bonds is 23. The number of hydrogen-bond acceptors (Lipinski definition) is 5. The van der Waals surface area contributed by atoms with Crippen LogP contribution in [0.25, 0.3) is 0 Å². The van der Waals surface area contributed by atoms with Gasteiger partial charge in [-0.15, -0.1) is 0 Å². The van der Waals surface area contributed by atoms with Crippen LogP contribution in [0.3, 0.4) is 0 Å². The van der Waals surface area contributed by atoms with Gasteiger partial charge in [-0.2, -0.15) is 0 Å². The van der Waals surface area contributed by atoms with E-state index in [2.05, 4.69) is 13.8 Å². The lowest BCUT2D eigenvalue weighted by molar-refractivity contribution is -0.149. The minimum atomic E-state index is -0.119. The van der Waals surface area contributed by atoms with Crippen molar-refractivity contribution in [2.45, 2.75) is 110 Å². The highest BCUT2D eigenvalue weighted by atomic mass is 16.5. The number of carbonyl (C=O) groups is 1. The molecule has 0 radical (unpaired) electrons. The van der Waals surface area contributed by atoms with Gasteiger partial charge in [-0.1, -0.05) is 65.2 Å². The molecule has 0 amide bonds. The van der Waals surface area contributed by atoms with Crippen molar-refractivity contribution in [2.75, 3.05) is 39.6 Å². The maximum absolute atomic E-state index is 11.7. The predicted octanol–water partition coefficient (Wildman–Crippen LogP) is 6.08. The first-order chi connectivity index (χ1) is 14.2. The number of esters is 1. The molecule has 29 heavy (non-hydrogen) atoms. The molecule has 0 bridgehead atoms. The van der Waals surface area contributed by atoms with Gasteiger partial charge in [-0.05, 0) is 32.6 Å². The first-order valence-electron chi connectivity index (χ1n) is 12.1. The second-order valence-electron chi connectivity index (χ2n) is 7.86. The molecule has 0 aromatic rings. The molecule has 0 aliphatic carbocycles. The summed E-state index contributed by atoms with van der Waals surface area (Å²) in [6, 6.07) is 0. The largest absolute Gasteiger partial charge is 0.463 e. The van der Waals surface area contributed by atoms with Gasteiger partial charge in [0.1, 0.15) is 0 Å². The van der Waals surface area contributed by atoms with E-state index in [0.29, 0.717) is 45.9 Å². The van der Waals surface area contributed by atoms with E-state index in [1.54, 1.807) is 0 Å². The summed E-state index contributed by atoms with van der Waals surface area (Å²) in [7, 11) is 0. The van der Waals surface area contributed by atoms with Gasteiger partial charge in [0.05, 0.1) is 32.5 Å². The molecule has 0 saturated heterocycles. The third kappa shape index (κ3) is 23.5. The molecular formula is C24H48O5. The molecule has 0 aromatic heterocycles. The zero-order valence-corrected chi connectivity index (χ0v) is 19.6. The van der Waals surface area contributed by atoms with E-state index in [0.717, 1.165) is 25.9 Å². The SMILES string of the molecule is CCCCCCCCCOCCOCCOCCCC(=O)OC(C)CCCCC. The molecule has 0 saturated carbocycles. The fraction of sp³-hybridized carbons (Fsp3) is 0.958. The minimum Gasteiger partial charge on any atom is -0.463 e. The Balaban J connectivity index is 3.19. The van der Waals surface area contributed by atoms with Gasteiger partial charge in [0, 0.05) is 19.6 Å². The van der Waals surface area contributed by atoms with Crippen molar-refractivity contribution in [1.29, 1.82) is 0 Å². The topological polar surface area (TPSA) is 54.0 Å². The van der Waals surface area contributed by atoms with Crippen molar-refractivity contribution in [3.63, 3.8) is 0 Å². The van der Waals surface area contributed by atoms with Crippen LogP contribution in [0.4, 0.5) is 0 Å². The van der Waals surface area contributed by atoms with Gasteiger partial charge in [0.25, 0.3) is 0 Å². The van der Waals surface area contributed by atoms with Gasteiger partial charge in [0.2, 0.25) is 0 Å². The van der Waals surface area contributed by atoms with Crippen LogP contribution in [0.5, 0.6) is 0 Å². The molecule has 0 aliphatic rings. The molecule has 0 spiro atoms. The first-order valence-corrected chi connectivity index (χ1v) is 12.1. The fourth-order valence-corrected chi connectivity index (χ4v) is 3.05. The molecule has 5 nitrogen and oxygen atoms in total. The number of unbranched alkanes of at least 4 members (excludes halogenated alkanes) is 8. The van der Waals surface area contributed by atoms with Gasteiger partial charge in [-0.25, -0.2) is 0 Å². The number of ether oxygens (including phenoxy) is 4. The summed E-state index contributed by atoms with van der Waals surface area (Å²) < 4.78 is 22.0. The highest BCUT2D eigenvalue weighted by Crippen LogP contribution is 2.08. The van der Waals surface area contributed by atoms with Crippen molar-refractivity contribution in [3.05, 3.63) is 0 Å². The molecule has 0 N–H and O–H groups in total. The summed E-state index contributed by atoms with van der Waals surface area (Å²) in [4.78, 5) is 11.7. The molecule has 0 heterocycles. The molecule has 5 heteroatoms. The molecule has 174 valence electrons. The third-order valence-electron chi connectivity index (χ3n) is 4.85. The Morgan fingerprint density at radius 2 is 1.10 bits per heavy atom.